The van der Waals surface area contributed by atoms with E-state index in [1.54, 1.807) is 23.7 Å². The van der Waals surface area contributed by atoms with Crippen molar-refractivity contribution in [1.82, 2.24) is 4.90 Å². The van der Waals surface area contributed by atoms with Crippen molar-refractivity contribution in [1.29, 1.82) is 0 Å². The summed E-state index contributed by atoms with van der Waals surface area (Å²) in [7, 11) is 1.70. The third kappa shape index (κ3) is 2.43. The van der Waals surface area contributed by atoms with E-state index in [0.29, 0.717) is 18.7 Å². The second kappa shape index (κ2) is 5.14. The van der Waals surface area contributed by atoms with Crippen molar-refractivity contribution in [2.75, 3.05) is 18.6 Å². The first-order valence-corrected chi connectivity index (χ1v) is 7.77. The fourth-order valence-corrected chi connectivity index (χ4v) is 3.73. The summed E-state index contributed by atoms with van der Waals surface area (Å²) >= 11 is 1.62. The molecule has 1 N–H and O–H groups in total. The average Bonchev–Trinajstić information content (AvgIpc) is 3.04. The molecule has 0 aliphatic carbocycles. The molecule has 1 amide bonds. The SMILES string of the molecule is CN(Cc1cc2ccccc2o1)C(=O)C1(O)CCSC1. The second-order valence-electron chi connectivity index (χ2n) is 5.25. The molecular weight excluding hydrogens is 274 g/mol. The van der Waals surface area contributed by atoms with E-state index in [2.05, 4.69) is 0 Å². The molecule has 1 aromatic heterocycles. The van der Waals surface area contributed by atoms with Crippen molar-refractivity contribution in [3.05, 3.63) is 36.1 Å². The third-order valence-corrected chi connectivity index (χ3v) is 4.79. The Labute approximate surface area is 121 Å². The first-order chi connectivity index (χ1) is 9.58. The number of carbonyl (C=O) groups excluding carboxylic acids is 1. The fraction of sp³-hybridized carbons (Fsp3) is 0.400. The summed E-state index contributed by atoms with van der Waals surface area (Å²) in [5, 5.41) is 11.3. The Balaban J connectivity index is 1.75. The number of hydrogen-bond acceptors (Lipinski definition) is 4. The molecule has 106 valence electrons. The molecule has 0 saturated carbocycles. The lowest BCUT2D eigenvalue weighted by molar-refractivity contribution is -0.148. The zero-order valence-electron chi connectivity index (χ0n) is 11.3. The smallest absolute Gasteiger partial charge is 0.255 e. The highest BCUT2D eigenvalue weighted by molar-refractivity contribution is 7.99. The molecule has 1 unspecified atom stereocenters. The highest BCUT2D eigenvalue weighted by Crippen LogP contribution is 2.30. The third-order valence-electron chi connectivity index (χ3n) is 3.62. The number of nitrogens with zero attached hydrogens (tertiary/aromatic N) is 1. The van der Waals surface area contributed by atoms with Crippen LogP contribution >= 0.6 is 11.8 Å². The summed E-state index contributed by atoms with van der Waals surface area (Å²) in [6.07, 6.45) is 0.529. The first kappa shape index (κ1) is 13.5. The highest BCUT2D eigenvalue weighted by atomic mass is 32.2. The summed E-state index contributed by atoms with van der Waals surface area (Å²) < 4.78 is 5.70. The van der Waals surface area contributed by atoms with Gasteiger partial charge in [0.1, 0.15) is 11.3 Å². The Kier molecular flexibility index (Phi) is 3.48. The molecule has 2 aromatic rings. The monoisotopic (exact) mass is 291 g/mol. The van der Waals surface area contributed by atoms with E-state index in [1.165, 1.54) is 0 Å². The highest BCUT2D eigenvalue weighted by Gasteiger charge is 2.41. The predicted octanol–water partition coefficient (Wildman–Crippen LogP) is 2.26. The van der Waals surface area contributed by atoms with Crippen LogP contribution in [0.1, 0.15) is 12.2 Å². The molecule has 1 aliphatic rings. The Hall–Kier alpha value is -1.46. The number of hydrogen-bond donors (Lipinski definition) is 1. The van der Waals surface area contributed by atoms with Gasteiger partial charge in [-0.1, -0.05) is 18.2 Å². The van der Waals surface area contributed by atoms with E-state index >= 15 is 0 Å². The number of furan rings is 1. The van der Waals surface area contributed by atoms with E-state index in [0.717, 1.165) is 22.5 Å². The predicted molar refractivity (Wildman–Crippen MR) is 79.6 cm³/mol. The Bertz CT molecular complexity index is 598. The van der Waals surface area contributed by atoms with Gasteiger partial charge in [0.2, 0.25) is 0 Å². The van der Waals surface area contributed by atoms with E-state index in [1.807, 2.05) is 30.3 Å². The molecule has 1 fully saturated rings. The van der Waals surface area contributed by atoms with Crippen molar-refractivity contribution in [2.45, 2.75) is 18.6 Å². The van der Waals surface area contributed by atoms with Crippen LogP contribution in [0.4, 0.5) is 0 Å². The number of thioether (sulfide) groups is 1. The van der Waals surface area contributed by atoms with E-state index in [9.17, 15) is 9.90 Å². The number of aliphatic hydroxyl groups is 1. The summed E-state index contributed by atoms with van der Waals surface area (Å²) in [6.45, 7) is 0.375. The van der Waals surface area contributed by atoms with Crippen molar-refractivity contribution >= 4 is 28.6 Å². The van der Waals surface area contributed by atoms with Gasteiger partial charge in [-0.3, -0.25) is 4.79 Å². The van der Waals surface area contributed by atoms with Gasteiger partial charge in [0.25, 0.3) is 5.91 Å². The quantitative estimate of drug-likeness (QED) is 0.942. The molecule has 1 aromatic carbocycles. The van der Waals surface area contributed by atoms with Crippen LogP contribution in [-0.2, 0) is 11.3 Å². The number of likely N-dealkylation sites (N-methyl/N-ethyl adjacent to an activating group) is 1. The molecule has 1 aliphatic heterocycles. The van der Waals surface area contributed by atoms with Crippen molar-refractivity contribution in [3.63, 3.8) is 0 Å². The van der Waals surface area contributed by atoms with Gasteiger partial charge in [0.15, 0.2) is 5.60 Å². The number of rotatable bonds is 3. The molecule has 0 spiro atoms. The first-order valence-electron chi connectivity index (χ1n) is 6.62. The molecule has 3 rings (SSSR count). The van der Waals surface area contributed by atoms with Gasteiger partial charge in [-0.25, -0.2) is 0 Å². The summed E-state index contributed by atoms with van der Waals surface area (Å²) in [4.78, 5) is 13.9. The number of benzene rings is 1. The van der Waals surface area contributed by atoms with Crippen molar-refractivity contribution in [3.8, 4) is 0 Å². The average molecular weight is 291 g/mol. The minimum atomic E-state index is -1.20. The molecular formula is C15H17NO3S. The molecule has 2 heterocycles. The maximum absolute atomic E-state index is 12.3. The van der Waals surface area contributed by atoms with Crippen LogP contribution in [0.25, 0.3) is 11.0 Å². The maximum atomic E-state index is 12.3. The Morgan fingerprint density at radius 3 is 3.00 bits per heavy atom. The number of carbonyl (C=O) groups is 1. The van der Waals surface area contributed by atoms with Gasteiger partial charge in [0, 0.05) is 18.2 Å². The van der Waals surface area contributed by atoms with Gasteiger partial charge in [-0.05, 0) is 24.3 Å². The van der Waals surface area contributed by atoms with E-state index in [-0.39, 0.29) is 5.91 Å². The second-order valence-corrected chi connectivity index (χ2v) is 6.35. The zero-order valence-corrected chi connectivity index (χ0v) is 12.2. The molecule has 4 nitrogen and oxygen atoms in total. The number of para-hydroxylation sites is 1. The molecule has 1 atom stereocenters. The molecule has 0 bridgehead atoms. The van der Waals surface area contributed by atoms with Crippen LogP contribution in [0.5, 0.6) is 0 Å². The lowest BCUT2D eigenvalue weighted by atomic mass is 10.0. The number of amides is 1. The normalized spacial score (nSPS) is 22.3. The van der Waals surface area contributed by atoms with Crippen LogP contribution in [0.15, 0.2) is 34.7 Å². The van der Waals surface area contributed by atoms with Crippen LogP contribution in [0.2, 0.25) is 0 Å². The van der Waals surface area contributed by atoms with Gasteiger partial charge in [0.05, 0.1) is 6.54 Å². The molecule has 20 heavy (non-hydrogen) atoms. The standard InChI is InChI=1S/C15H17NO3S/c1-16(14(17)15(18)6-7-20-10-15)9-12-8-11-4-2-3-5-13(11)19-12/h2-5,8,18H,6-7,9-10H2,1H3. The van der Waals surface area contributed by atoms with Gasteiger partial charge in [-0.15, -0.1) is 0 Å². The summed E-state index contributed by atoms with van der Waals surface area (Å²) in [6, 6.07) is 9.69. The largest absolute Gasteiger partial charge is 0.459 e. The Morgan fingerprint density at radius 2 is 2.30 bits per heavy atom. The molecule has 5 heteroatoms. The van der Waals surface area contributed by atoms with Gasteiger partial charge >= 0.3 is 0 Å². The topological polar surface area (TPSA) is 53.7 Å². The zero-order chi connectivity index (χ0) is 14.2. The molecule has 0 radical (unpaired) electrons. The fourth-order valence-electron chi connectivity index (χ4n) is 2.50. The van der Waals surface area contributed by atoms with Crippen LogP contribution < -0.4 is 0 Å². The van der Waals surface area contributed by atoms with Crippen molar-refractivity contribution in [2.24, 2.45) is 0 Å². The van der Waals surface area contributed by atoms with Crippen LogP contribution in [0.3, 0.4) is 0 Å². The van der Waals surface area contributed by atoms with E-state index in [4.69, 9.17) is 4.42 Å². The Morgan fingerprint density at radius 1 is 1.50 bits per heavy atom. The van der Waals surface area contributed by atoms with Crippen LogP contribution in [0, 0.1) is 0 Å². The molecule has 1 saturated heterocycles. The van der Waals surface area contributed by atoms with Crippen molar-refractivity contribution < 1.29 is 14.3 Å². The maximum Gasteiger partial charge on any atom is 0.255 e. The summed E-state index contributed by atoms with van der Waals surface area (Å²) in [5.41, 5.74) is -0.385. The van der Waals surface area contributed by atoms with Crippen LogP contribution in [-0.4, -0.2) is 40.1 Å². The lowest BCUT2D eigenvalue weighted by Crippen LogP contribution is -2.47. The number of fused-ring (bicyclic) bond motifs is 1. The van der Waals surface area contributed by atoms with Gasteiger partial charge < -0.3 is 14.4 Å². The summed E-state index contributed by atoms with van der Waals surface area (Å²) in [5.74, 6) is 1.83. The minimum absolute atomic E-state index is 0.219. The van der Waals surface area contributed by atoms with Gasteiger partial charge in [-0.2, -0.15) is 11.8 Å². The lowest BCUT2D eigenvalue weighted by Gasteiger charge is -2.26. The minimum Gasteiger partial charge on any atom is -0.459 e. The van der Waals surface area contributed by atoms with E-state index < -0.39 is 5.60 Å².